The Labute approximate surface area is 166 Å². The molecule has 0 N–H and O–H groups in total. The van der Waals surface area contributed by atoms with Gasteiger partial charge in [0.25, 0.3) is 0 Å². The summed E-state index contributed by atoms with van der Waals surface area (Å²) in [6.45, 7) is 6.54. The van der Waals surface area contributed by atoms with Crippen LogP contribution in [0.1, 0.15) is 69.7 Å². The van der Waals surface area contributed by atoms with E-state index < -0.39 is 18.2 Å². The Kier molecular flexibility index (Phi) is 11.4. The van der Waals surface area contributed by atoms with Crippen LogP contribution < -0.4 is 4.90 Å². The van der Waals surface area contributed by atoms with Crippen molar-refractivity contribution in [2.24, 2.45) is 0 Å². The zero-order valence-corrected chi connectivity index (χ0v) is 17.1. The molecule has 0 aliphatic heterocycles. The molecule has 0 fully saturated rings. The minimum atomic E-state index is -0.872. The number of carbonyl (C=O) groups is 3. The summed E-state index contributed by atoms with van der Waals surface area (Å²) < 4.78 is 15.6. The molecule has 0 aliphatic carbocycles. The molecule has 28 heavy (non-hydrogen) atoms. The van der Waals surface area contributed by atoms with Crippen LogP contribution in [0.25, 0.3) is 0 Å². The number of hydrogen-bond acceptors (Lipinski definition) is 6. The van der Waals surface area contributed by atoms with Crippen molar-refractivity contribution < 1.29 is 28.6 Å². The minimum absolute atomic E-state index is 0.0898. The molecule has 0 saturated carbocycles. The number of hydrogen-bond donors (Lipinski definition) is 0. The first-order valence-corrected chi connectivity index (χ1v) is 9.96. The van der Waals surface area contributed by atoms with Gasteiger partial charge in [0.05, 0.1) is 31.1 Å². The number of imide groups is 1. The van der Waals surface area contributed by atoms with Crippen LogP contribution in [0.15, 0.2) is 24.3 Å². The van der Waals surface area contributed by atoms with Crippen molar-refractivity contribution in [2.45, 2.75) is 59.3 Å². The highest BCUT2D eigenvalue weighted by Gasteiger charge is 2.30. The summed E-state index contributed by atoms with van der Waals surface area (Å²) in [7, 11) is 0. The molecule has 0 heterocycles. The van der Waals surface area contributed by atoms with Crippen molar-refractivity contribution in [1.29, 1.82) is 0 Å². The van der Waals surface area contributed by atoms with E-state index in [2.05, 4.69) is 0 Å². The number of rotatable bonds is 11. The smallest absolute Gasteiger partial charge is 0.424 e. The van der Waals surface area contributed by atoms with Crippen molar-refractivity contribution >= 4 is 23.8 Å². The van der Waals surface area contributed by atoms with E-state index in [1.807, 2.05) is 20.8 Å². The van der Waals surface area contributed by atoms with E-state index >= 15 is 0 Å². The van der Waals surface area contributed by atoms with Crippen molar-refractivity contribution in [1.82, 2.24) is 0 Å². The number of anilines is 1. The van der Waals surface area contributed by atoms with Crippen LogP contribution in [0.2, 0.25) is 0 Å². The van der Waals surface area contributed by atoms with Gasteiger partial charge in [0.1, 0.15) is 0 Å². The molecule has 0 saturated heterocycles. The summed E-state index contributed by atoms with van der Waals surface area (Å²) >= 11 is 0. The lowest BCUT2D eigenvalue weighted by Gasteiger charge is -2.22. The van der Waals surface area contributed by atoms with Gasteiger partial charge in [0.15, 0.2) is 0 Å². The third kappa shape index (κ3) is 7.58. The second kappa shape index (κ2) is 13.6. The quantitative estimate of drug-likeness (QED) is 0.287. The Hall–Kier alpha value is -2.57. The van der Waals surface area contributed by atoms with E-state index in [0.717, 1.165) is 30.6 Å². The van der Waals surface area contributed by atoms with Gasteiger partial charge in [0, 0.05) is 0 Å². The zero-order valence-electron chi connectivity index (χ0n) is 17.1. The molecular formula is C21H31NO6. The summed E-state index contributed by atoms with van der Waals surface area (Å²) in [5, 5.41) is 0. The third-order valence-electron chi connectivity index (χ3n) is 3.91. The molecule has 0 bridgehead atoms. The fourth-order valence-corrected chi connectivity index (χ4v) is 2.24. The Bertz CT molecular complexity index is 609. The maximum Gasteiger partial charge on any atom is 0.424 e. The third-order valence-corrected chi connectivity index (χ3v) is 3.91. The molecule has 0 unspecified atom stereocenters. The van der Waals surface area contributed by atoms with Gasteiger partial charge in [-0.2, -0.15) is 4.90 Å². The van der Waals surface area contributed by atoms with E-state index in [0.29, 0.717) is 12.8 Å². The molecule has 0 spiro atoms. The Balaban J connectivity index is 3.09. The molecule has 7 nitrogen and oxygen atoms in total. The van der Waals surface area contributed by atoms with Gasteiger partial charge < -0.3 is 14.2 Å². The Morgan fingerprint density at radius 2 is 1.21 bits per heavy atom. The number of unbranched alkanes of at least 4 members (excludes halogenated alkanes) is 3. The fraction of sp³-hybridized carbons (Fsp3) is 0.571. The number of amides is 2. The second-order valence-electron chi connectivity index (χ2n) is 6.28. The SMILES string of the molecule is CCCCOC(=O)c1ccccc1N(C(=O)OCCCC)C(=O)OCCCC. The van der Waals surface area contributed by atoms with E-state index in [1.54, 1.807) is 12.1 Å². The molecule has 1 rings (SSSR count). The Morgan fingerprint density at radius 1 is 0.750 bits per heavy atom. The first-order valence-electron chi connectivity index (χ1n) is 9.96. The van der Waals surface area contributed by atoms with Gasteiger partial charge in [-0.25, -0.2) is 14.4 Å². The summed E-state index contributed by atoms with van der Waals surface area (Å²) in [5.41, 5.74) is 0.200. The van der Waals surface area contributed by atoms with Gasteiger partial charge >= 0.3 is 18.2 Å². The van der Waals surface area contributed by atoms with Crippen molar-refractivity contribution in [3.63, 3.8) is 0 Å². The van der Waals surface area contributed by atoms with Crippen LogP contribution in [0, 0.1) is 0 Å². The number of para-hydroxylation sites is 1. The zero-order chi connectivity index (χ0) is 20.8. The van der Waals surface area contributed by atoms with E-state index in [1.165, 1.54) is 12.1 Å². The van der Waals surface area contributed by atoms with Gasteiger partial charge in [0.2, 0.25) is 0 Å². The van der Waals surface area contributed by atoms with E-state index in [4.69, 9.17) is 14.2 Å². The summed E-state index contributed by atoms with van der Waals surface area (Å²) in [5.74, 6) is -0.600. The maximum absolute atomic E-state index is 12.6. The van der Waals surface area contributed by atoms with Gasteiger partial charge in [-0.3, -0.25) is 0 Å². The van der Waals surface area contributed by atoms with Crippen LogP contribution in [0.5, 0.6) is 0 Å². The molecule has 2 amide bonds. The molecule has 0 radical (unpaired) electrons. The number of ether oxygens (including phenoxy) is 3. The maximum atomic E-state index is 12.6. The predicted octanol–water partition coefficient (Wildman–Crippen LogP) is 5.32. The van der Waals surface area contributed by atoms with E-state index in [9.17, 15) is 14.4 Å². The molecule has 156 valence electrons. The monoisotopic (exact) mass is 393 g/mol. The summed E-state index contributed by atoms with van der Waals surface area (Å²) in [4.78, 5) is 38.4. The molecule has 1 aromatic rings. The number of benzene rings is 1. The Morgan fingerprint density at radius 3 is 1.71 bits per heavy atom. The highest BCUT2D eigenvalue weighted by Crippen LogP contribution is 2.23. The second-order valence-corrected chi connectivity index (χ2v) is 6.28. The van der Waals surface area contributed by atoms with Gasteiger partial charge in [-0.1, -0.05) is 52.2 Å². The largest absolute Gasteiger partial charge is 0.462 e. The molecular weight excluding hydrogens is 362 g/mol. The van der Waals surface area contributed by atoms with E-state index in [-0.39, 0.29) is 31.1 Å². The first-order chi connectivity index (χ1) is 13.6. The number of nitrogens with zero attached hydrogens (tertiary/aromatic N) is 1. The highest BCUT2D eigenvalue weighted by atomic mass is 16.6. The molecule has 0 atom stereocenters. The number of esters is 1. The fourth-order valence-electron chi connectivity index (χ4n) is 2.24. The molecule has 0 aliphatic rings. The minimum Gasteiger partial charge on any atom is -0.462 e. The average molecular weight is 393 g/mol. The average Bonchev–Trinajstić information content (AvgIpc) is 2.69. The first kappa shape index (κ1) is 23.5. The highest BCUT2D eigenvalue weighted by molar-refractivity contribution is 6.13. The van der Waals surface area contributed by atoms with Gasteiger partial charge in [-0.15, -0.1) is 0 Å². The van der Waals surface area contributed by atoms with Crippen LogP contribution in [0.4, 0.5) is 15.3 Å². The standard InChI is InChI=1S/C21H31NO6/c1-4-7-14-26-19(23)17-12-10-11-13-18(17)22(20(24)27-15-8-5-2)21(25)28-16-9-6-3/h10-13H,4-9,14-16H2,1-3H3. The van der Waals surface area contributed by atoms with Crippen LogP contribution in [-0.4, -0.2) is 38.0 Å². The normalized spacial score (nSPS) is 10.2. The summed E-state index contributed by atoms with van der Waals surface area (Å²) in [6, 6.07) is 6.28. The lowest BCUT2D eigenvalue weighted by Crippen LogP contribution is -2.39. The predicted molar refractivity (Wildman–Crippen MR) is 107 cm³/mol. The van der Waals surface area contributed by atoms with Crippen molar-refractivity contribution in [2.75, 3.05) is 24.7 Å². The van der Waals surface area contributed by atoms with Gasteiger partial charge in [-0.05, 0) is 31.4 Å². The van der Waals surface area contributed by atoms with Crippen molar-refractivity contribution in [3.8, 4) is 0 Å². The van der Waals surface area contributed by atoms with Crippen LogP contribution >= 0.6 is 0 Å². The topological polar surface area (TPSA) is 82.1 Å². The van der Waals surface area contributed by atoms with Crippen molar-refractivity contribution in [3.05, 3.63) is 29.8 Å². The lowest BCUT2D eigenvalue weighted by atomic mass is 10.1. The van der Waals surface area contributed by atoms with Crippen LogP contribution in [0.3, 0.4) is 0 Å². The lowest BCUT2D eigenvalue weighted by molar-refractivity contribution is 0.0500. The molecule has 7 heteroatoms. The van der Waals surface area contributed by atoms with Crippen LogP contribution in [-0.2, 0) is 14.2 Å². The molecule has 1 aromatic carbocycles. The molecule has 0 aromatic heterocycles. The number of carbonyl (C=O) groups excluding carboxylic acids is 3. The summed E-state index contributed by atoms with van der Waals surface area (Å²) in [6.07, 6.45) is 2.90.